The number of nitrogens with zero attached hydrogens (tertiary/aromatic N) is 2. The van der Waals surface area contributed by atoms with E-state index in [9.17, 15) is 4.79 Å². The van der Waals surface area contributed by atoms with Gasteiger partial charge < -0.3 is 14.6 Å². The van der Waals surface area contributed by atoms with E-state index in [1.165, 1.54) is 11.8 Å². The molecular formula is C23H19Cl2N3O2S. The fourth-order valence-corrected chi connectivity index (χ4v) is 4.56. The molecular weight excluding hydrogens is 453 g/mol. The summed E-state index contributed by atoms with van der Waals surface area (Å²) in [5.74, 6) is 0.575. The molecule has 5 nitrogen and oxygen atoms in total. The molecule has 8 heteroatoms. The van der Waals surface area contributed by atoms with Crippen molar-refractivity contribution in [3.05, 3.63) is 80.4 Å². The van der Waals surface area contributed by atoms with Crippen molar-refractivity contribution >= 4 is 57.8 Å². The Labute approximate surface area is 194 Å². The van der Waals surface area contributed by atoms with Crippen LogP contribution >= 0.6 is 35.0 Å². The zero-order chi connectivity index (χ0) is 22.1. The van der Waals surface area contributed by atoms with Crippen molar-refractivity contribution in [3.63, 3.8) is 0 Å². The second kappa shape index (κ2) is 8.83. The molecule has 0 bridgehead atoms. The first-order valence-electron chi connectivity index (χ1n) is 9.43. The Morgan fingerprint density at radius 3 is 2.55 bits per heavy atom. The maximum Gasteiger partial charge on any atom is 0.264 e. The average molecular weight is 472 g/mol. The summed E-state index contributed by atoms with van der Waals surface area (Å²) in [5.41, 5.74) is 4.42. The van der Waals surface area contributed by atoms with E-state index in [0.29, 0.717) is 20.1 Å². The Kier molecular flexibility index (Phi) is 6.14. The number of hydrogen-bond acceptors (Lipinski definition) is 4. The number of aromatic nitrogens is 1. The minimum absolute atomic E-state index is 0.178. The lowest BCUT2D eigenvalue weighted by Gasteiger charge is -2.12. The highest BCUT2D eigenvalue weighted by Crippen LogP contribution is 2.33. The molecule has 1 fully saturated rings. The monoisotopic (exact) mass is 471 g/mol. The number of nitrogens with one attached hydrogen (secondary N) is 1. The molecule has 0 atom stereocenters. The molecule has 4 rings (SSSR count). The van der Waals surface area contributed by atoms with Gasteiger partial charge in [-0.3, -0.25) is 4.79 Å². The molecule has 2 aromatic carbocycles. The van der Waals surface area contributed by atoms with E-state index >= 15 is 0 Å². The summed E-state index contributed by atoms with van der Waals surface area (Å²) < 4.78 is 7.19. The van der Waals surface area contributed by atoms with Crippen LogP contribution in [0.4, 0.5) is 5.69 Å². The van der Waals surface area contributed by atoms with Crippen molar-refractivity contribution < 1.29 is 9.53 Å². The van der Waals surface area contributed by atoms with E-state index in [-0.39, 0.29) is 5.91 Å². The number of aryl methyl sites for hydroxylation is 1. The lowest BCUT2D eigenvalue weighted by atomic mass is 10.2. The van der Waals surface area contributed by atoms with Gasteiger partial charge in [0.15, 0.2) is 5.17 Å². The Balaban J connectivity index is 1.64. The van der Waals surface area contributed by atoms with Crippen LogP contribution in [0.2, 0.25) is 10.0 Å². The molecule has 31 heavy (non-hydrogen) atoms. The fraction of sp³-hybridized carbons (Fsp3) is 0.130. The number of rotatable bonds is 4. The van der Waals surface area contributed by atoms with Crippen LogP contribution in [-0.2, 0) is 4.79 Å². The van der Waals surface area contributed by atoms with Gasteiger partial charge in [0.05, 0.1) is 28.4 Å². The molecule has 0 saturated carbocycles. The standard InChI is InChI=1S/C23H19Cl2N3O2S/c1-13-10-15(14(2)28(13)20-12-16(24)4-9-19(20)25)11-21-22(29)27-23(31-21)26-17-5-7-18(30-3)8-6-17/h4-12H,1-3H3,(H,26,27,29)/b21-11+. The number of amidine groups is 1. The van der Waals surface area contributed by atoms with Gasteiger partial charge >= 0.3 is 0 Å². The van der Waals surface area contributed by atoms with Crippen molar-refractivity contribution in [3.8, 4) is 11.4 Å². The van der Waals surface area contributed by atoms with Gasteiger partial charge in [0.25, 0.3) is 5.91 Å². The molecule has 0 unspecified atom stereocenters. The largest absolute Gasteiger partial charge is 0.497 e. The highest BCUT2D eigenvalue weighted by Gasteiger charge is 2.25. The van der Waals surface area contributed by atoms with Crippen LogP contribution in [0.5, 0.6) is 5.75 Å². The van der Waals surface area contributed by atoms with Crippen LogP contribution in [0, 0.1) is 13.8 Å². The third-order valence-corrected chi connectivity index (χ3v) is 6.32. The van der Waals surface area contributed by atoms with Gasteiger partial charge in [0, 0.05) is 16.4 Å². The van der Waals surface area contributed by atoms with Crippen LogP contribution < -0.4 is 10.1 Å². The summed E-state index contributed by atoms with van der Waals surface area (Å²) in [4.78, 5) is 17.6. The Morgan fingerprint density at radius 1 is 1.10 bits per heavy atom. The van der Waals surface area contributed by atoms with E-state index in [1.54, 1.807) is 19.2 Å². The molecule has 1 N–H and O–H groups in total. The average Bonchev–Trinajstić information content (AvgIpc) is 3.22. The SMILES string of the molecule is COc1ccc(N=C2NC(=O)/C(=C\c3cc(C)n(-c4cc(Cl)ccc4Cl)c3C)S2)cc1. The van der Waals surface area contributed by atoms with E-state index in [0.717, 1.165) is 34.1 Å². The fourth-order valence-electron chi connectivity index (χ4n) is 3.36. The molecule has 1 aromatic heterocycles. The third-order valence-electron chi connectivity index (χ3n) is 4.86. The van der Waals surface area contributed by atoms with Crippen molar-refractivity contribution in [1.82, 2.24) is 9.88 Å². The highest BCUT2D eigenvalue weighted by molar-refractivity contribution is 8.18. The Bertz CT molecular complexity index is 1230. The van der Waals surface area contributed by atoms with Gasteiger partial charge in [0.1, 0.15) is 5.75 Å². The van der Waals surface area contributed by atoms with Crippen LogP contribution in [0.25, 0.3) is 11.8 Å². The maximum absolute atomic E-state index is 12.5. The molecule has 1 aliphatic heterocycles. The van der Waals surface area contributed by atoms with Gasteiger partial charge in [-0.25, -0.2) is 4.99 Å². The lowest BCUT2D eigenvalue weighted by molar-refractivity contribution is -0.115. The van der Waals surface area contributed by atoms with Crippen LogP contribution in [-0.4, -0.2) is 22.8 Å². The molecule has 1 aliphatic rings. The van der Waals surface area contributed by atoms with E-state index in [2.05, 4.69) is 10.3 Å². The minimum atomic E-state index is -0.178. The zero-order valence-corrected chi connectivity index (χ0v) is 19.4. The number of hydrogen-bond donors (Lipinski definition) is 1. The van der Waals surface area contributed by atoms with Crippen molar-refractivity contribution in [1.29, 1.82) is 0 Å². The van der Waals surface area contributed by atoms with Gasteiger partial charge in [-0.2, -0.15) is 0 Å². The second-order valence-electron chi connectivity index (χ2n) is 6.94. The molecule has 1 amide bonds. The summed E-state index contributed by atoms with van der Waals surface area (Å²) in [7, 11) is 1.61. The molecule has 158 valence electrons. The summed E-state index contributed by atoms with van der Waals surface area (Å²) in [6, 6.07) is 14.7. The van der Waals surface area contributed by atoms with E-state index in [4.69, 9.17) is 27.9 Å². The molecule has 2 heterocycles. The summed E-state index contributed by atoms with van der Waals surface area (Å²) >= 11 is 13.9. The number of amides is 1. The predicted octanol–water partition coefficient (Wildman–Crippen LogP) is 6.30. The lowest BCUT2D eigenvalue weighted by Crippen LogP contribution is -2.19. The van der Waals surface area contributed by atoms with Gasteiger partial charge in [0.2, 0.25) is 0 Å². The van der Waals surface area contributed by atoms with Crippen LogP contribution in [0.15, 0.2) is 58.4 Å². The summed E-state index contributed by atoms with van der Waals surface area (Å²) in [5, 5.41) is 4.57. The number of thioether (sulfide) groups is 1. The number of halogens is 2. The minimum Gasteiger partial charge on any atom is -0.497 e. The van der Waals surface area contributed by atoms with Crippen molar-refractivity contribution in [2.45, 2.75) is 13.8 Å². The second-order valence-corrected chi connectivity index (χ2v) is 8.81. The molecule has 0 radical (unpaired) electrons. The summed E-state index contributed by atoms with van der Waals surface area (Å²) in [6.45, 7) is 3.98. The Hall–Kier alpha value is -2.67. The van der Waals surface area contributed by atoms with E-state index in [1.807, 2.05) is 60.9 Å². The van der Waals surface area contributed by atoms with Gasteiger partial charge in [-0.15, -0.1) is 0 Å². The quantitative estimate of drug-likeness (QED) is 0.454. The number of carbonyl (C=O) groups is 1. The predicted molar refractivity (Wildman–Crippen MR) is 129 cm³/mol. The van der Waals surface area contributed by atoms with Gasteiger partial charge in [-0.1, -0.05) is 23.2 Å². The first-order chi connectivity index (χ1) is 14.9. The first-order valence-corrected chi connectivity index (χ1v) is 11.0. The number of aliphatic imine (C=N–C) groups is 1. The number of ether oxygens (including phenoxy) is 1. The molecule has 3 aromatic rings. The molecule has 0 aliphatic carbocycles. The van der Waals surface area contributed by atoms with E-state index < -0.39 is 0 Å². The smallest absolute Gasteiger partial charge is 0.264 e. The summed E-state index contributed by atoms with van der Waals surface area (Å²) in [6.07, 6.45) is 1.87. The maximum atomic E-state index is 12.5. The van der Waals surface area contributed by atoms with Gasteiger partial charge in [-0.05, 0) is 85.8 Å². The van der Waals surface area contributed by atoms with Crippen molar-refractivity contribution in [2.75, 3.05) is 7.11 Å². The number of carbonyl (C=O) groups excluding carboxylic acids is 1. The highest BCUT2D eigenvalue weighted by atomic mass is 35.5. The van der Waals surface area contributed by atoms with Crippen molar-refractivity contribution in [2.24, 2.45) is 4.99 Å². The third kappa shape index (κ3) is 4.51. The molecule has 0 spiro atoms. The zero-order valence-electron chi connectivity index (χ0n) is 17.1. The Morgan fingerprint density at radius 2 is 1.84 bits per heavy atom. The topological polar surface area (TPSA) is 55.6 Å². The van der Waals surface area contributed by atoms with Crippen LogP contribution in [0.3, 0.4) is 0 Å². The first kappa shape index (κ1) is 21.6. The van der Waals surface area contributed by atoms with Crippen LogP contribution in [0.1, 0.15) is 17.0 Å². The number of methoxy groups -OCH3 is 1. The normalized spacial score (nSPS) is 16.2. The molecule has 1 saturated heterocycles. The number of benzene rings is 2.